The van der Waals surface area contributed by atoms with Gasteiger partial charge in [0.2, 0.25) is 5.91 Å². The van der Waals surface area contributed by atoms with E-state index in [1.54, 1.807) is 11.0 Å². The van der Waals surface area contributed by atoms with Gasteiger partial charge in [0.05, 0.1) is 24.5 Å². The van der Waals surface area contributed by atoms with Crippen LogP contribution in [0.2, 0.25) is 0 Å². The van der Waals surface area contributed by atoms with Gasteiger partial charge in [-0.15, -0.1) is 10.2 Å². The summed E-state index contributed by atoms with van der Waals surface area (Å²) < 4.78 is 38.4. The van der Waals surface area contributed by atoms with E-state index in [0.717, 1.165) is 6.92 Å². The summed E-state index contributed by atoms with van der Waals surface area (Å²) >= 11 is 0. The zero-order valence-electron chi connectivity index (χ0n) is 16.1. The summed E-state index contributed by atoms with van der Waals surface area (Å²) in [5.74, 6) is -1.44. The first-order valence-corrected chi connectivity index (χ1v) is 9.29. The number of β-amino-alcohol motifs (C(OH)–C–C–N with tert-alkyl or cyclic N) is 1. The number of aromatic nitrogens is 2. The standard InChI is InChI=1S/C20H20F3N5O2/c1-12(20(21,22)23)14-4-2-13(3-5-14)8-19(30)25-16-10-28(11-17(16)29)18-7-6-15(9-24)26-27-18/h2-7,12,16-17,29H,8,10-11H2,1H3,(H,25,30). The molecule has 158 valence electrons. The second-order valence-electron chi connectivity index (χ2n) is 7.22. The number of hydrogen-bond acceptors (Lipinski definition) is 6. The number of hydrogen-bond donors (Lipinski definition) is 2. The number of halogens is 3. The van der Waals surface area contributed by atoms with Gasteiger partial charge in [-0.25, -0.2) is 0 Å². The fourth-order valence-electron chi connectivity index (χ4n) is 3.23. The number of nitriles is 1. The van der Waals surface area contributed by atoms with E-state index < -0.39 is 24.2 Å². The van der Waals surface area contributed by atoms with Gasteiger partial charge in [0.15, 0.2) is 11.5 Å². The molecule has 1 aliphatic rings. The number of alkyl halides is 3. The number of carbonyl (C=O) groups is 1. The Hall–Kier alpha value is -3.19. The first kappa shape index (κ1) is 21.5. The molecule has 1 amide bonds. The maximum absolute atomic E-state index is 12.8. The number of carbonyl (C=O) groups excluding carboxylic acids is 1. The first-order valence-electron chi connectivity index (χ1n) is 9.29. The number of nitrogens with zero attached hydrogens (tertiary/aromatic N) is 4. The van der Waals surface area contributed by atoms with Gasteiger partial charge in [-0.3, -0.25) is 4.79 Å². The third-order valence-corrected chi connectivity index (χ3v) is 5.06. The van der Waals surface area contributed by atoms with Crippen LogP contribution in [-0.2, 0) is 11.2 Å². The van der Waals surface area contributed by atoms with Crippen molar-refractivity contribution >= 4 is 11.7 Å². The van der Waals surface area contributed by atoms with Crippen LogP contribution in [-0.4, -0.2) is 52.6 Å². The predicted molar refractivity (Wildman–Crippen MR) is 102 cm³/mol. The quantitative estimate of drug-likeness (QED) is 0.768. The Balaban J connectivity index is 1.56. The van der Waals surface area contributed by atoms with E-state index in [1.165, 1.54) is 30.3 Å². The summed E-state index contributed by atoms with van der Waals surface area (Å²) in [4.78, 5) is 14.1. The maximum atomic E-state index is 12.8. The first-order chi connectivity index (χ1) is 14.2. The van der Waals surface area contributed by atoms with Gasteiger partial charge in [0, 0.05) is 13.1 Å². The van der Waals surface area contributed by atoms with Crippen LogP contribution in [0.15, 0.2) is 36.4 Å². The molecule has 0 bridgehead atoms. The Morgan fingerprint density at radius 3 is 2.53 bits per heavy atom. The average Bonchev–Trinajstić information content (AvgIpc) is 3.07. The molecule has 1 aromatic carbocycles. The maximum Gasteiger partial charge on any atom is 0.395 e. The molecule has 0 saturated carbocycles. The Morgan fingerprint density at radius 2 is 1.97 bits per heavy atom. The summed E-state index contributed by atoms with van der Waals surface area (Å²) in [5.41, 5.74) is 0.893. The van der Waals surface area contributed by atoms with Crippen molar-refractivity contribution in [3.63, 3.8) is 0 Å². The summed E-state index contributed by atoms with van der Waals surface area (Å²) in [5, 5.41) is 29.5. The zero-order chi connectivity index (χ0) is 21.9. The molecule has 0 radical (unpaired) electrons. The van der Waals surface area contributed by atoms with E-state index in [2.05, 4.69) is 15.5 Å². The third kappa shape index (κ3) is 5.04. The Bertz CT molecular complexity index is 925. The minimum absolute atomic E-state index is 0.0133. The zero-order valence-corrected chi connectivity index (χ0v) is 16.1. The number of amides is 1. The molecule has 0 spiro atoms. The van der Waals surface area contributed by atoms with Gasteiger partial charge in [-0.1, -0.05) is 24.3 Å². The fourth-order valence-corrected chi connectivity index (χ4v) is 3.23. The van der Waals surface area contributed by atoms with Gasteiger partial charge in [-0.2, -0.15) is 18.4 Å². The lowest BCUT2D eigenvalue weighted by Crippen LogP contribution is -2.43. The third-order valence-electron chi connectivity index (χ3n) is 5.06. The monoisotopic (exact) mass is 419 g/mol. The van der Waals surface area contributed by atoms with Crippen molar-refractivity contribution in [2.45, 2.75) is 37.6 Å². The SMILES string of the molecule is CC(c1ccc(CC(=O)NC2CN(c3ccc(C#N)nn3)CC2O)cc1)C(F)(F)F. The molecule has 3 atom stereocenters. The van der Waals surface area contributed by atoms with Crippen LogP contribution in [0.1, 0.15) is 29.7 Å². The van der Waals surface area contributed by atoms with E-state index in [0.29, 0.717) is 17.9 Å². The molecule has 2 N–H and O–H groups in total. The molecule has 2 aromatic rings. The van der Waals surface area contributed by atoms with Gasteiger partial charge in [-0.05, 0) is 30.2 Å². The van der Waals surface area contributed by atoms with E-state index in [-0.39, 0.29) is 30.1 Å². The van der Waals surface area contributed by atoms with Crippen molar-refractivity contribution in [3.05, 3.63) is 53.2 Å². The number of nitrogens with one attached hydrogen (secondary N) is 1. The molecule has 7 nitrogen and oxygen atoms in total. The van der Waals surface area contributed by atoms with Crippen molar-refractivity contribution in [2.24, 2.45) is 0 Å². The molecule has 3 rings (SSSR count). The van der Waals surface area contributed by atoms with Crippen LogP contribution in [0.4, 0.5) is 19.0 Å². The van der Waals surface area contributed by atoms with E-state index in [1.807, 2.05) is 6.07 Å². The lowest BCUT2D eigenvalue weighted by Gasteiger charge is -2.18. The minimum atomic E-state index is -4.32. The number of benzene rings is 1. The predicted octanol–water partition coefficient (Wildman–Crippen LogP) is 1.92. The van der Waals surface area contributed by atoms with Gasteiger partial charge in [0.1, 0.15) is 6.07 Å². The van der Waals surface area contributed by atoms with Crippen LogP contribution in [0.25, 0.3) is 0 Å². The molecule has 0 aliphatic carbocycles. The van der Waals surface area contributed by atoms with E-state index >= 15 is 0 Å². The normalized spacial score (nSPS) is 19.9. The smallest absolute Gasteiger partial charge is 0.389 e. The molecule has 1 aliphatic heterocycles. The van der Waals surface area contributed by atoms with E-state index in [4.69, 9.17) is 5.26 Å². The van der Waals surface area contributed by atoms with Crippen LogP contribution in [0, 0.1) is 11.3 Å². The van der Waals surface area contributed by atoms with Crippen molar-refractivity contribution in [2.75, 3.05) is 18.0 Å². The number of rotatable bonds is 5. The highest BCUT2D eigenvalue weighted by Gasteiger charge is 2.37. The van der Waals surface area contributed by atoms with Crippen LogP contribution < -0.4 is 10.2 Å². The molecular formula is C20H20F3N5O2. The van der Waals surface area contributed by atoms with Crippen LogP contribution in [0.3, 0.4) is 0 Å². The topological polar surface area (TPSA) is 102 Å². The molecular weight excluding hydrogens is 399 g/mol. The summed E-state index contributed by atoms with van der Waals surface area (Å²) in [7, 11) is 0. The lowest BCUT2D eigenvalue weighted by atomic mass is 9.98. The lowest BCUT2D eigenvalue weighted by molar-refractivity contribution is -0.146. The molecule has 1 aromatic heterocycles. The Kier molecular flexibility index (Phi) is 6.22. The van der Waals surface area contributed by atoms with Crippen LogP contribution in [0.5, 0.6) is 0 Å². The number of aliphatic hydroxyl groups excluding tert-OH is 1. The molecule has 10 heteroatoms. The summed E-state index contributed by atoms with van der Waals surface area (Å²) in [6.07, 6.45) is -5.15. The molecule has 1 fully saturated rings. The minimum Gasteiger partial charge on any atom is -0.389 e. The van der Waals surface area contributed by atoms with Crippen molar-refractivity contribution in [3.8, 4) is 6.07 Å². The van der Waals surface area contributed by atoms with E-state index in [9.17, 15) is 23.1 Å². The second kappa shape index (κ2) is 8.67. The highest BCUT2D eigenvalue weighted by Crippen LogP contribution is 2.34. The van der Waals surface area contributed by atoms with Crippen molar-refractivity contribution in [1.29, 1.82) is 5.26 Å². The molecule has 2 heterocycles. The summed E-state index contributed by atoms with van der Waals surface area (Å²) in [6, 6.07) is 10.2. The number of anilines is 1. The van der Waals surface area contributed by atoms with Crippen molar-refractivity contribution < 1.29 is 23.1 Å². The Morgan fingerprint density at radius 1 is 1.27 bits per heavy atom. The molecule has 30 heavy (non-hydrogen) atoms. The average molecular weight is 419 g/mol. The Labute approximate surface area is 171 Å². The molecule has 1 saturated heterocycles. The number of aliphatic hydroxyl groups is 1. The fraction of sp³-hybridized carbons (Fsp3) is 0.400. The second-order valence-corrected chi connectivity index (χ2v) is 7.22. The largest absolute Gasteiger partial charge is 0.395 e. The van der Waals surface area contributed by atoms with Crippen LogP contribution >= 0.6 is 0 Å². The van der Waals surface area contributed by atoms with Gasteiger partial charge < -0.3 is 15.3 Å². The molecule has 3 unspecified atom stereocenters. The summed E-state index contributed by atoms with van der Waals surface area (Å²) in [6.45, 7) is 1.65. The highest BCUT2D eigenvalue weighted by atomic mass is 19.4. The van der Waals surface area contributed by atoms with Gasteiger partial charge in [0.25, 0.3) is 0 Å². The highest BCUT2D eigenvalue weighted by molar-refractivity contribution is 5.79. The van der Waals surface area contributed by atoms with Gasteiger partial charge >= 0.3 is 6.18 Å². The van der Waals surface area contributed by atoms with Crippen molar-refractivity contribution in [1.82, 2.24) is 15.5 Å².